The number of amides is 2. The molecule has 0 radical (unpaired) electrons. The number of anilines is 1. The summed E-state index contributed by atoms with van der Waals surface area (Å²) in [5.41, 5.74) is 2.40. The largest absolute Gasteiger partial charge is 0.345 e. The SMILES string of the molecule is CN(C)CC(=O)Nc1cccc(CNC(=O)C(=O)c2cnn(-c3ccccc3)c2)c1. The lowest BCUT2D eigenvalue weighted by molar-refractivity contribution is -0.117. The number of rotatable bonds is 8. The predicted octanol–water partition coefficient (Wildman–Crippen LogP) is 1.87. The number of aromatic nitrogens is 2. The van der Waals surface area contributed by atoms with Crippen LogP contribution in [0.4, 0.5) is 5.69 Å². The van der Waals surface area contributed by atoms with E-state index in [4.69, 9.17) is 0 Å². The molecule has 8 heteroatoms. The van der Waals surface area contributed by atoms with Crippen LogP contribution in [0.1, 0.15) is 15.9 Å². The number of benzene rings is 2. The Labute approximate surface area is 174 Å². The van der Waals surface area contributed by atoms with Gasteiger partial charge in [0.25, 0.3) is 11.7 Å². The molecule has 1 heterocycles. The number of nitrogens with one attached hydrogen (secondary N) is 2. The fraction of sp³-hybridized carbons (Fsp3) is 0.182. The number of Topliss-reactive ketones (excluding diaryl/α,β-unsaturated/α-hetero) is 1. The minimum Gasteiger partial charge on any atom is -0.345 e. The molecule has 8 nitrogen and oxygen atoms in total. The molecule has 0 spiro atoms. The Kier molecular flexibility index (Phi) is 6.71. The molecule has 0 unspecified atom stereocenters. The zero-order valence-electron chi connectivity index (χ0n) is 16.8. The highest BCUT2D eigenvalue weighted by atomic mass is 16.2. The monoisotopic (exact) mass is 405 g/mol. The van der Waals surface area contributed by atoms with Crippen LogP contribution in [0.2, 0.25) is 0 Å². The second-order valence-corrected chi connectivity index (χ2v) is 7.01. The topological polar surface area (TPSA) is 96.3 Å². The summed E-state index contributed by atoms with van der Waals surface area (Å²) >= 11 is 0. The molecular weight excluding hydrogens is 382 g/mol. The van der Waals surface area contributed by atoms with E-state index in [2.05, 4.69) is 15.7 Å². The van der Waals surface area contributed by atoms with Gasteiger partial charge in [0.1, 0.15) is 0 Å². The Morgan fingerprint density at radius 1 is 1.03 bits per heavy atom. The maximum atomic E-state index is 12.4. The van der Waals surface area contributed by atoms with Crippen LogP contribution in [0.25, 0.3) is 5.69 Å². The number of para-hydroxylation sites is 1. The predicted molar refractivity (Wildman–Crippen MR) is 113 cm³/mol. The van der Waals surface area contributed by atoms with E-state index < -0.39 is 11.7 Å². The summed E-state index contributed by atoms with van der Waals surface area (Å²) in [6.45, 7) is 0.431. The lowest BCUT2D eigenvalue weighted by atomic mass is 10.2. The van der Waals surface area contributed by atoms with Gasteiger partial charge in [0.15, 0.2) is 0 Å². The number of likely N-dealkylation sites (N-methyl/N-ethyl adjacent to an activating group) is 1. The second-order valence-electron chi connectivity index (χ2n) is 7.01. The average Bonchev–Trinajstić information content (AvgIpc) is 3.22. The van der Waals surface area contributed by atoms with E-state index in [1.807, 2.05) is 44.4 Å². The van der Waals surface area contributed by atoms with Gasteiger partial charge in [0, 0.05) is 18.4 Å². The van der Waals surface area contributed by atoms with Crippen molar-refractivity contribution in [1.82, 2.24) is 20.0 Å². The first-order chi connectivity index (χ1) is 14.4. The molecule has 3 aromatic rings. The highest BCUT2D eigenvalue weighted by Crippen LogP contribution is 2.11. The van der Waals surface area contributed by atoms with Crippen molar-refractivity contribution in [2.45, 2.75) is 6.54 Å². The fourth-order valence-corrected chi connectivity index (χ4v) is 2.80. The third-order valence-electron chi connectivity index (χ3n) is 4.20. The van der Waals surface area contributed by atoms with Gasteiger partial charge >= 0.3 is 0 Å². The highest BCUT2D eigenvalue weighted by Gasteiger charge is 2.18. The summed E-state index contributed by atoms with van der Waals surface area (Å²) in [7, 11) is 3.62. The van der Waals surface area contributed by atoms with Gasteiger partial charge in [-0.25, -0.2) is 4.68 Å². The molecule has 1 aromatic heterocycles. The van der Waals surface area contributed by atoms with Crippen molar-refractivity contribution in [1.29, 1.82) is 0 Å². The summed E-state index contributed by atoms with van der Waals surface area (Å²) < 4.78 is 1.54. The maximum Gasteiger partial charge on any atom is 0.292 e. The van der Waals surface area contributed by atoms with E-state index in [-0.39, 0.29) is 24.6 Å². The van der Waals surface area contributed by atoms with Gasteiger partial charge in [0.05, 0.1) is 24.0 Å². The summed E-state index contributed by atoms with van der Waals surface area (Å²) in [4.78, 5) is 38.3. The molecule has 0 bridgehead atoms. The van der Waals surface area contributed by atoms with Crippen LogP contribution < -0.4 is 10.6 Å². The van der Waals surface area contributed by atoms with Crippen molar-refractivity contribution in [2.24, 2.45) is 0 Å². The third-order valence-corrected chi connectivity index (χ3v) is 4.20. The van der Waals surface area contributed by atoms with E-state index in [0.717, 1.165) is 11.3 Å². The molecular formula is C22H23N5O3. The van der Waals surface area contributed by atoms with Crippen LogP contribution in [0.5, 0.6) is 0 Å². The lowest BCUT2D eigenvalue weighted by Crippen LogP contribution is -2.30. The summed E-state index contributed by atoms with van der Waals surface area (Å²) in [6, 6.07) is 16.4. The minimum atomic E-state index is -0.718. The number of hydrogen-bond donors (Lipinski definition) is 2. The standard InChI is InChI=1S/C22H23N5O3/c1-26(2)15-20(28)25-18-8-6-7-16(11-18)12-23-22(30)21(29)17-13-24-27(14-17)19-9-4-3-5-10-19/h3-11,13-14H,12,15H2,1-2H3,(H,23,30)(H,25,28). The van der Waals surface area contributed by atoms with Crippen LogP contribution >= 0.6 is 0 Å². The normalized spacial score (nSPS) is 10.6. The van der Waals surface area contributed by atoms with E-state index in [1.54, 1.807) is 33.8 Å². The highest BCUT2D eigenvalue weighted by molar-refractivity contribution is 6.42. The van der Waals surface area contributed by atoms with Gasteiger partial charge < -0.3 is 15.5 Å². The first kappa shape index (κ1) is 20.9. The molecule has 30 heavy (non-hydrogen) atoms. The van der Waals surface area contributed by atoms with Crippen molar-refractivity contribution >= 4 is 23.3 Å². The van der Waals surface area contributed by atoms with Crippen molar-refractivity contribution in [3.05, 3.63) is 78.1 Å². The Morgan fingerprint density at radius 2 is 1.80 bits per heavy atom. The number of hydrogen-bond acceptors (Lipinski definition) is 5. The van der Waals surface area contributed by atoms with Crippen molar-refractivity contribution < 1.29 is 14.4 Å². The van der Waals surface area contributed by atoms with Gasteiger partial charge in [-0.2, -0.15) is 5.10 Å². The molecule has 2 aromatic carbocycles. The smallest absolute Gasteiger partial charge is 0.292 e. The molecule has 0 fully saturated rings. The Hall–Kier alpha value is -3.78. The minimum absolute atomic E-state index is 0.133. The zero-order chi connectivity index (χ0) is 21.5. The van der Waals surface area contributed by atoms with Crippen LogP contribution in [0.15, 0.2) is 67.0 Å². The molecule has 0 saturated carbocycles. The Balaban J connectivity index is 1.58. The van der Waals surface area contributed by atoms with Crippen LogP contribution in [0.3, 0.4) is 0 Å². The zero-order valence-corrected chi connectivity index (χ0v) is 16.8. The molecule has 0 saturated heterocycles. The maximum absolute atomic E-state index is 12.4. The molecule has 0 aliphatic heterocycles. The summed E-state index contributed by atoms with van der Waals surface area (Å²) in [6.07, 6.45) is 2.90. The third kappa shape index (κ3) is 5.62. The van der Waals surface area contributed by atoms with Gasteiger partial charge in [0.2, 0.25) is 5.91 Å². The molecule has 2 N–H and O–H groups in total. The van der Waals surface area contributed by atoms with Crippen LogP contribution in [0, 0.1) is 0 Å². The van der Waals surface area contributed by atoms with Gasteiger partial charge in [-0.05, 0) is 43.9 Å². The molecule has 0 aliphatic carbocycles. The van der Waals surface area contributed by atoms with Gasteiger partial charge in [-0.3, -0.25) is 14.4 Å². The first-order valence-corrected chi connectivity index (χ1v) is 9.38. The van der Waals surface area contributed by atoms with Crippen molar-refractivity contribution in [3.8, 4) is 5.69 Å². The summed E-state index contributed by atoms with van der Waals surface area (Å²) in [5, 5.41) is 9.55. The van der Waals surface area contributed by atoms with E-state index in [9.17, 15) is 14.4 Å². The molecule has 3 rings (SSSR count). The Bertz CT molecular complexity index is 1040. The Morgan fingerprint density at radius 3 is 2.53 bits per heavy atom. The van der Waals surface area contributed by atoms with E-state index >= 15 is 0 Å². The average molecular weight is 405 g/mol. The number of carbonyl (C=O) groups is 3. The molecule has 0 atom stereocenters. The fourth-order valence-electron chi connectivity index (χ4n) is 2.80. The second kappa shape index (κ2) is 9.62. The molecule has 154 valence electrons. The molecule has 0 aliphatic rings. The lowest BCUT2D eigenvalue weighted by Gasteiger charge is -2.11. The van der Waals surface area contributed by atoms with E-state index in [0.29, 0.717) is 5.69 Å². The van der Waals surface area contributed by atoms with Crippen LogP contribution in [-0.2, 0) is 16.1 Å². The van der Waals surface area contributed by atoms with Crippen molar-refractivity contribution in [2.75, 3.05) is 26.0 Å². The molecule has 2 amide bonds. The van der Waals surface area contributed by atoms with E-state index in [1.165, 1.54) is 12.4 Å². The summed E-state index contributed by atoms with van der Waals surface area (Å²) in [5.74, 6) is -1.51. The van der Waals surface area contributed by atoms with Crippen molar-refractivity contribution in [3.63, 3.8) is 0 Å². The number of carbonyl (C=O) groups excluding carboxylic acids is 3. The first-order valence-electron chi connectivity index (χ1n) is 9.38. The van der Waals surface area contributed by atoms with Gasteiger partial charge in [-0.15, -0.1) is 0 Å². The number of nitrogens with zero attached hydrogens (tertiary/aromatic N) is 3. The number of ketones is 1. The van der Waals surface area contributed by atoms with Gasteiger partial charge in [-0.1, -0.05) is 30.3 Å². The van der Waals surface area contributed by atoms with Crippen LogP contribution in [-0.4, -0.2) is 52.9 Å². The quantitative estimate of drug-likeness (QED) is 0.441.